The molecule has 0 saturated heterocycles. The van der Waals surface area contributed by atoms with Gasteiger partial charge in [0.15, 0.2) is 0 Å². The Morgan fingerprint density at radius 3 is 1.02 bits per heavy atom. The molecular weight excluding hydrogens is 548 g/mol. The van der Waals surface area contributed by atoms with Gasteiger partial charge in [-0.05, 0) is 95.1 Å². The van der Waals surface area contributed by atoms with E-state index in [-0.39, 0.29) is 0 Å². The van der Waals surface area contributed by atoms with Gasteiger partial charge in [0, 0.05) is 49.4 Å². The normalized spacial score (nSPS) is 11.0. The van der Waals surface area contributed by atoms with Crippen molar-refractivity contribution in [3.63, 3.8) is 0 Å². The molecule has 0 radical (unpaired) electrons. The third kappa shape index (κ3) is 5.78. The Balaban J connectivity index is 1.30. The molecule has 4 nitrogen and oxygen atoms in total. The van der Waals surface area contributed by atoms with Gasteiger partial charge in [0.05, 0.1) is 0 Å². The van der Waals surface area contributed by atoms with Gasteiger partial charge in [-0.1, -0.05) is 97.1 Å². The van der Waals surface area contributed by atoms with Crippen LogP contribution in [-0.2, 0) is 0 Å². The summed E-state index contributed by atoms with van der Waals surface area (Å²) in [5.74, 6) is 0.639. The lowest BCUT2D eigenvalue weighted by Gasteiger charge is -2.07. The lowest BCUT2D eigenvalue weighted by Crippen LogP contribution is -2.49. The Bertz CT molecular complexity index is 1860. The van der Waals surface area contributed by atoms with Crippen molar-refractivity contribution in [1.29, 1.82) is 0 Å². The molecule has 0 unspecified atom stereocenters. The molecule has 0 aliphatic carbocycles. The van der Waals surface area contributed by atoms with Crippen LogP contribution in [0.5, 0.6) is 0 Å². The first-order valence-corrected chi connectivity index (χ1v) is 15.3. The van der Waals surface area contributed by atoms with Crippen molar-refractivity contribution in [3.05, 3.63) is 169 Å². The van der Waals surface area contributed by atoms with E-state index in [1.807, 2.05) is 15.7 Å². The minimum Gasteiger partial charge on any atom is -0.0620 e. The number of rotatable bonds is 6. The molecule has 0 saturated carbocycles. The average molecular weight is 583 g/mol. The van der Waals surface area contributed by atoms with E-state index in [0.29, 0.717) is 5.82 Å². The Morgan fingerprint density at radius 2 is 0.667 bits per heavy atom. The van der Waals surface area contributed by atoms with Gasteiger partial charge in [-0.2, -0.15) is 0 Å². The smallest absolute Gasteiger partial charge is 0.0620 e. The third-order valence-electron chi connectivity index (χ3n) is 8.40. The van der Waals surface area contributed by atoms with Crippen molar-refractivity contribution in [1.82, 2.24) is 10.2 Å². The minimum atomic E-state index is 0.639. The van der Waals surface area contributed by atoms with E-state index in [0.717, 1.165) is 16.9 Å². The van der Waals surface area contributed by atoms with Crippen LogP contribution in [-0.4, -0.2) is 10.2 Å². The van der Waals surface area contributed by atoms with Crippen LogP contribution in [0.2, 0.25) is 0 Å². The molecule has 0 fully saturated rings. The Kier molecular flexibility index (Phi) is 7.54. The monoisotopic (exact) mass is 582 g/mol. The quantitative estimate of drug-likeness (QED) is 0.184. The number of hydrogen-bond donors (Lipinski definition) is 0. The number of nitrogens with zero attached hydrogens (tertiary/aromatic N) is 4. The van der Waals surface area contributed by atoms with Crippen molar-refractivity contribution in [2.75, 3.05) is 0 Å². The second-order valence-electron chi connectivity index (χ2n) is 11.4. The van der Waals surface area contributed by atoms with Crippen LogP contribution in [0.15, 0.2) is 152 Å². The Labute approximate surface area is 264 Å². The van der Waals surface area contributed by atoms with Crippen molar-refractivity contribution < 1.29 is 9.36 Å². The molecule has 1 heterocycles. The molecule has 7 rings (SSSR count). The maximum atomic E-state index is 5.00. The topological polar surface area (TPSA) is 33.5 Å². The minimum absolute atomic E-state index is 0.639. The molecule has 216 valence electrons. The van der Waals surface area contributed by atoms with Crippen LogP contribution in [0.3, 0.4) is 0 Å². The number of benzene rings is 6. The number of aromatic nitrogens is 4. The highest BCUT2D eigenvalue weighted by Gasteiger charge is 2.24. The summed E-state index contributed by atoms with van der Waals surface area (Å²) in [6.07, 6.45) is 1.94. The zero-order chi connectivity index (χ0) is 30.8. The average Bonchev–Trinajstić information content (AvgIpc) is 3.09. The van der Waals surface area contributed by atoms with Gasteiger partial charge in [-0.15, -0.1) is 0 Å². The van der Waals surface area contributed by atoms with Crippen molar-refractivity contribution in [2.24, 2.45) is 0 Å². The first-order valence-electron chi connectivity index (χ1n) is 15.3. The van der Waals surface area contributed by atoms with Crippen LogP contribution < -0.4 is 9.36 Å². The number of aryl methyl sites for hydroxylation is 3. The van der Waals surface area contributed by atoms with Crippen LogP contribution in [0.1, 0.15) is 16.7 Å². The molecule has 0 amide bonds. The van der Waals surface area contributed by atoms with Crippen molar-refractivity contribution in [3.8, 4) is 56.1 Å². The zero-order valence-corrected chi connectivity index (χ0v) is 25.7. The molecule has 0 aliphatic rings. The van der Waals surface area contributed by atoms with Gasteiger partial charge in [0.1, 0.15) is 0 Å². The summed E-state index contributed by atoms with van der Waals surface area (Å²) >= 11 is 0. The van der Waals surface area contributed by atoms with E-state index >= 15 is 0 Å². The van der Waals surface area contributed by atoms with Gasteiger partial charge in [0.25, 0.3) is 5.82 Å². The third-order valence-corrected chi connectivity index (χ3v) is 8.40. The van der Waals surface area contributed by atoms with E-state index < -0.39 is 0 Å². The summed E-state index contributed by atoms with van der Waals surface area (Å²) in [5.41, 5.74) is 13.8. The largest absolute Gasteiger partial charge is 0.469 e. The second kappa shape index (κ2) is 12.1. The standard InChI is InChI=1S/C41H34N4/c1-29-10-4-7-13-38(29)32-16-18-35(19-17-32)41-42-44(36-24-20-33(21-25-36)39-14-8-5-11-30(39)2)28-45(43-41)37-26-22-34(23-27-37)40-15-9-6-12-31(40)3/h4-28H,1-3H3/q+2. The fourth-order valence-electron chi connectivity index (χ4n) is 5.82. The summed E-state index contributed by atoms with van der Waals surface area (Å²) in [6, 6.07) is 51.0. The SMILES string of the molecule is Cc1ccccc1-c1ccc(-c2n[n+](-c3ccc(-c4ccccc4C)cc3)c[n+](-c3ccc(-c4ccccc4C)cc3)n2)cc1. The van der Waals surface area contributed by atoms with Gasteiger partial charge >= 0.3 is 6.33 Å². The maximum Gasteiger partial charge on any atom is 0.469 e. The van der Waals surface area contributed by atoms with Crippen molar-refractivity contribution >= 4 is 0 Å². The van der Waals surface area contributed by atoms with E-state index in [1.165, 1.54) is 50.1 Å². The molecule has 6 aromatic carbocycles. The fraction of sp³-hybridized carbons (Fsp3) is 0.0732. The molecule has 0 N–H and O–H groups in total. The zero-order valence-electron chi connectivity index (χ0n) is 25.7. The van der Waals surface area contributed by atoms with Crippen LogP contribution in [0.25, 0.3) is 56.1 Å². The van der Waals surface area contributed by atoms with Gasteiger partial charge in [0.2, 0.25) is 11.4 Å². The Hall–Kier alpha value is -5.74. The first kappa shape index (κ1) is 28.1. The predicted octanol–water partition coefficient (Wildman–Crippen LogP) is 8.62. The summed E-state index contributed by atoms with van der Waals surface area (Å²) < 4.78 is 3.82. The molecule has 0 atom stereocenters. The second-order valence-corrected chi connectivity index (χ2v) is 11.4. The highest BCUT2D eigenvalue weighted by Crippen LogP contribution is 2.27. The molecule has 0 bridgehead atoms. The van der Waals surface area contributed by atoms with Gasteiger partial charge < -0.3 is 0 Å². The summed E-state index contributed by atoms with van der Waals surface area (Å²) in [6.45, 7) is 6.43. The summed E-state index contributed by atoms with van der Waals surface area (Å²) in [5, 5.41) is 10.0. The maximum absolute atomic E-state index is 5.00. The van der Waals surface area contributed by atoms with E-state index in [1.54, 1.807) is 0 Å². The predicted molar refractivity (Wildman–Crippen MR) is 181 cm³/mol. The van der Waals surface area contributed by atoms with E-state index in [2.05, 4.69) is 166 Å². The van der Waals surface area contributed by atoms with Crippen molar-refractivity contribution in [2.45, 2.75) is 20.8 Å². The first-order chi connectivity index (χ1) is 22.0. The lowest BCUT2D eigenvalue weighted by molar-refractivity contribution is -0.796. The van der Waals surface area contributed by atoms with Crippen LogP contribution in [0.4, 0.5) is 0 Å². The molecule has 45 heavy (non-hydrogen) atoms. The summed E-state index contributed by atoms with van der Waals surface area (Å²) in [4.78, 5) is 0. The highest BCUT2D eigenvalue weighted by atomic mass is 15.4. The van der Waals surface area contributed by atoms with Gasteiger partial charge in [-0.3, -0.25) is 0 Å². The molecule has 0 spiro atoms. The molecule has 1 aromatic heterocycles. The summed E-state index contributed by atoms with van der Waals surface area (Å²) in [7, 11) is 0. The Morgan fingerprint density at radius 1 is 0.356 bits per heavy atom. The fourth-order valence-corrected chi connectivity index (χ4v) is 5.82. The molecule has 7 aromatic rings. The lowest BCUT2D eigenvalue weighted by atomic mass is 9.99. The molecule has 0 aliphatic heterocycles. The highest BCUT2D eigenvalue weighted by molar-refractivity contribution is 5.71. The van der Waals surface area contributed by atoms with E-state index in [4.69, 9.17) is 10.2 Å². The van der Waals surface area contributed by atoms with Crippen LogP contribution >= 0.6 is 0 Å². The van der Waals surface area contributed by atoms with Gasteiger partial charge in [-0.25, -0.2) is 0 Å². The number of hydrogen-bond acceptors (Lipinski definition) is 2. The van der Waals surface area contributed by atoms with Crippen LogP contribution in [0, 0.1) is 20.8 Å². The molecular formula is C41H34N4+2. The molecule has 4 heteroatoms. The van der Waals surface area contributed by atoms with E-state index in [9.17, 15) is 0 Å².